The molecule has 0 radical (unpaired) electrons. The molecule has 23 heavy (non-hydrogen) atoms. The number of fused-ring (bicyclic) bond motifs is 1. The molecule has 6 heteroatoms. The van der Waals surface area contributed by atoms with Crippen LogP contribution in [0.2, 0.25) is 0 Å². The molecular formula is C17H19FN4O. The molecule has 0 spiro atoms. The first kappa shape index (κ1) is 15.4. The first-order valence-electron chi connectivity index (χ1n) is 7.37. The fourth-order valence-electron chi connectivity index (χ4n) is 2.55. The zero-order valence-corrected chi connectivity index (χ0v) is 13.3. The van der Waals surface area contributed by atoms with Gasteiger partial charge in [-0.3, -0.25) is 9.67 Å². The van der Waals surface area contributed by atoms with Gasteiger partial charge in [-0.25, -0.2) is 4.39 Å². The summed E-state index contributed by atoms with van der Waals surface area (Å²) in [7, 11) is 1.80. The summed E-state index contributed by atoms with van der Waals surface area (Å²) in [5, 5.41) is 18.6. The Bertz CT molecular complexity index is 857. The van der Waals surface area contributed by atoms with Crippen molar-refractivity contribution < 1.29 is 9.50 Å². The van der Waals surface area contributed by atoms with Gasteiger partial charge in [0.25, 0.3) is 0 Å². The van der Waals surface area contributed by atoms with Crippen molar-refractivity contribution in [2.24, 2.45) is 7.05 Å². The number of aliphatic hydroxyl groups is 1. The van der Waals surface area contributed by atoms with E-state index in [4.69, 9.17) is 0 Å². The lowest BCUT2D eigenvalue weighted by Crippen LogP contribution is -2.30. The van der Waals surface area contributed by atoms with Gasteiger partial charge in [0, 0.05) is 42.1 Å². The minimum atomic E-state index is -1.09. The van der Waals surface area contributed by atoms with E-state index in [1.807, 2.05) is 13.0 Å². The van der Waals surface area contributed by atoms with Crippen molar-refractivity contribution in [2.45, 2.75) is 19.4 Å². The SMILES string of the molecule is Cc1cc(NCC(C)(O)c2cnn(C)c2)c2cc(F)ccc2n1. The van der Waals surface area contributed by atoms with E-state index < -0.39 is 5.60 Å². The van der Waals surface area contributed by atoms with E-state index in [1.165, 1.54) is 12.1 Å². The number of halogens is 1. The zero-order valence-electron chi connectivity index (χ0n) is 13.3. The number of pyridine rings is 1. The standard InChI is InChI=1S/C17H19FN4O/c1-11-6-16(14-7-13(18)4-5-15(14)21-11)19-10-17(2,23)12-8-20-22(3)9-12/h4-9,23H,10H2,1-3H3,(H,19,21). The van der Waals surface area contributed by atoms with Crippen LogP contribution in [0.1, 0.15) is 18.2 Å². The van der Waals surface area contributed by atoms with Crippen LogP contribution in [0, 0.1) is 12.7 Å². The number of rotatable bonds is 4. The molecule has 1 aromatic carbocycles. The van der Waals surface area contributed by atoms with Gasteiger partial charge in [0.15, 0.2) is 0 Å². The number of anilines is 1. The van der Waals surface area contributed by atoms with Gasteiger partial charge in [-0.05, 0) is 38.1 Å². The second-order valence-electron chi connectivity index (χ2n) is 6.00. The highest BCUT2D eigenvalue weighted by Crippen LogP contribution is 2.26. The molecule has 2 N–H and O–H groups in total. The van der Waals surface area contributed by atoms with Crippen LogP contribution in [-0.2, 0) is 12.6 Å². The van der Waals surface area contributed by atoms with Crippen molar-refractivity contribution in [1.82, 2.24) is 14.8 Å². The molecule has 1 unspecified atom stereocenters. The normalized spacial score (nSPS) is 14.0. The summed E-state index contributed by atoms with van der Waals surface area (Å²) in [6, 6.07) is 6.34. The van der Waals surface area contributed by atoms with E-state index in [0.29, 0.717) is 10.9 Å². The highest BCUT2D eigenvalue weighted by atomic mass is 19.1. The highest BCUT2D eigenvalue weighted by molar-refractivity contribution is 5.91. The average Bonchev–Trinajstić information content (AvgIpc) is 2.93. The maximum atomic E-state index is 13.5. The number of aryl methyl sites for hydroxylation is 2. The monoisotopic (exact) mass is 314 g/mol. The van der Waals surface area contributed by atoms with Crippen molar-refractivity contribution >= 4 is 16.6 Å². The Morgan fingerprint density at radius 3 is 2.83 bits per heavy atom. The Morgan fingerprint density at radius 2 is 2.13 bits per heavy atom. The molecule has 0 aliphatic carbocycles. The predicted molar refractivity (Wildman–Crippen MR) is 87.7 cm³/mol. The Balaban J connectivity index is 1.91. The number of benzene rings is 1. The Morgan fingerprint density at radius 1 is 1.35 bits per heavy atom. The van der Waals surface area contributed by atoms with Gasteiger partial charge in [-0.1, -0.05) is 0 Å². The molecule has 5 nitrogen and oxygen atoms in total. The van der Waals surface area contributed by atoms with Crippen LogP contribution in [-0.4, -0.2) is 26.4 Å². The second-order valence-corrected chi connectivity index (χ2v) is 6.00. The van der Waals surface area contributed by atoms with E-state index in [-0.39, 0.29) is 12.4 Å². The Hall–Kier alpha value is -2.47. The van der Waals surface area contributed by atoms with Crippen LogP contribution in [0.5, 0.6) is 0 Å². The van der Waals surface area contributed by atoms with E-state index in [1.54, 1.807) is 37.1 Å². The fraction of sp³-hybridized carbons (Fsp3) is 0.294. The number of nitrogens with one attached hydrogen (secondary N) is 1. The largest absolute Gasteiger partial charge is 0.383 e. The molecule has 3 rings (SSSR count). The van der Waals surface area contributed by atoms with Gasteiger partial charge in [-0.15, -0.1) is 0 Å². The molecular weight excluding hydrogens is 295 g/mol. The van der Waals surface area contributed by atoms with Gasteiger partial charge in [0.05, 0.1) is 11.7 Å². The van der Waals surface area contributed by atoms with Crippen LogP contribution in [0.3, 0.4) is 0 Å². The van der Waals surface area contributed by atoms with Crippen molar-refractivity contribution in [3.8, 4) is 0 Å². The van der Waals surface area contributed by atoms with Gasteiger partial charge >= 0.3 is 0 Å². The first-order valence-corrected chi connectivity index (χ1v) is 7.37. The molecule has 2 aromatic heterocycles. The van der Waals surface area contributed by atoms with Crippen LogP contribution in [0.15, 0.2) is 36.7 Å². The van der Waals surface area contributed by atoms with Crippen LogP contribution in [0.4, 0.5) is 10.1 Å². The zero-order chi connectivity index (χ0) is 16.6. The Labute approximate surface area is 133 Å². The molecule has 2 heterocycles. The summed E-state index contributed by atoms with van der Waals surface area (Å²) in [6.07, 6.45) is 3.41. The lowest BCUT2D eigenvalue weighted by Gasteiger charge is -2.23. The highest BCUT2D eigenvalue weighted by Gasteiger charge is 2.24. The minimum absolute atomic E-state index is 0.272. The smallest absolute Gasteiger partial charge is 0.124 e. The van der Waals surface area contributed by atoms with Gasteiger partial charge < -0.3 is 10.4 Å². The summed E-state index contributed by atoms with van der Waals surface area (Å²) in [6.45, 7) is 3.87. The van der Waals surface area contributed by atoms with Gasteiger partial charge in [0.2, 0.25) is 0 Å². The molecule has 0 bridgehead atoms. The van der Waals surface area contributed by atoms with Gasteiger partial charge in [-0.2, -0.15) is 5.10 Å². The summed E-state index contributed by atoms with van der Waals surface area (Å²) < 4.78 is 15.2. The van der Waals surface area contributed by atoms with Crippen molar-refractivity contribution in [1.29, 1.82) is 0 Å². The van der Waals surface area contributed by atoms with E-state index in [0.717, 1.165) is 16.9 Å². The minimum Gasteiger partial charge on any atom is -0.383 e. The Kier molecular flexibility index (Phi) is 3.77. The first-order chi connectivity index (χ1) is 10.8. The van der Waals surface area contributed by atoms with Crippen molar-refractivity contribution in [3.63, 3.8) is 0 Å². The summed E-state index contributed by atoms with van der Waals surface area (Å²) in [4.78, 5) is 4.40. The molecule has 0 aliphatic heterocycles. The average molecular weight is 314 g/mol. The lowest BCUT2D eigenvalue weighted by molar-refractivity contribution is 0.0715. The third-order valence-electron chi connectivity index (χ3n) is 3.85. The molecule has 0 amide bonds. The van der Waals surface area contributed by atoms with E-state index >= 15 is 0 Å². The second kappa shape index (κ2) is 5.62. The van der Waals surface area contributed by atoms with E-state index in [9.17, 15) is 9.50 Å². The molecule has 1 atom stereocenters. The van der Waals surface area contributed by atoms with E-state index in [2.05, 4.69) is 15.4 Å². The van der Waals surface area contributed by atoms with Crippen molar-refractivity contribution in [2.75, 3.05) is 11.9 Å². The summed E-state index contributed by atoms with van der Waals surface area (Å²) in [5.74, 6) is -0.315. The quantitative estimate of drug-likeness (QED) is 0.777. The maximum absolute atomic E-state index is 13.5. The van der Waals surface area contributed by atoms with Crippen LogP contribution < -0.4 is 5.32 Å². The topological polar surface area (TPSA) is 63.0 Å². The molecule has 0 aliphatic rings. The number of hydrogen-bond acceptors (Lipinski definition) is 4. The molecule has 3 aromatic rings. The molecule has 0 fully saturated rings. The van der Waals surface area contributed by atoms with Crippen LogP contribution in [0.25, 0.3) is 10.9 Å². The van der Waals surface area contributed by atoms with Crippen LogP contribution >= 0.6 is 0 Å². The molecule has 120 valence electrons. The molecule has 0 saturated heterocycles. The lowest BCUT2D eigenvalue weighted by atomic mass is 9.99. The predicted octanol–water partition coefficient (Wildman–Crippen LogP) is 2.74. The number of nitrogens with zero attached hydrogens (tertiary/aromatic N) is 3. The third kappa shape index (κ3) is 3.17. The van der Waals surface area contributed by atoms with Gasteiger partial charge in [0.1, 0.15) is 11.4 Å². The van der Waals surface area contributed by atoms with Crippen molar-refractivity contribution in [3.05, 3.63) is 53.7 Å². The maximum Gasteiger partial charge on any atom is 0.124 e. The summed E-state index contributed by atoms with van der Waals surface area (Å²) >= 11 is 0. The number of aromatic nitrogens is 3. The number of hydrogen-bond donors (Lipinski definition) is 2. The molecule has 0 saturated carbocycles. The third-order valence-corrected chi connectivity index (χ3v) is 3.85. The fourth-order valence-corrected chi connectivity index (χ4v) is 2.55. The summed E-state index contributed by atoms with van der Waals surface area (Å²) in [5.41, 5.74) is 1.91.